The van der Waals surface area contributed by atoms with Crippen LogP contribution in [0.25, 0.3) is 0 Å². The first-order chi connectivity index (χ1) is 19.3. The summed E-state index contributed by atoms with van der Waals surface area (Å²) in [6, 6.07) is 19.0. The van der Waals surface area contributed by atoms with Crippen molar-refractivity contribution >= 4 is 54.7 Å². The van der Waals surface area contributed by atoms with E-state index in [9.17, 15) is 34.8 Å². The Bertz CT molecular complexity index is 1760. The van der Waals surface area contributed by atoms with E-state index in [-0.39, 0.29) is 21.3 Å². The predicted octanol–water partition coefficient (Wildman–Crippen LogP) is 5.39. The molecule has 2 N–H and O–H groups in total. The van der Waals surface area contributed by atoms with E-state index in [4.69, 9.17) is 11.6 Å². The lowest BCUT2D eigenvalue weighted by molar-refractivity contribution is -0.137. The zero-order valence-corrected chi connectivity index (χ0v) is 23.1. The molecule has 0 aliphatic carbocycles. The maximum Gasteiger partial charge on any atom is 0.417 e. The molecule has 0 saturated carbocycles. The Morgan fingerprint density at radius 3 is 2.12 bits per heavy atom. The van der Waals surface area contributed by atoms with Gasteiger partial charge in [-0.3, -0.25) is 13.8 Å². The van der Waals surface area contributed by atoms with Gasteiger partial charge in [-0.25, -0.2) is 21.8 Å². The van der Waals surface area contributed by atoms with Gasteiger partial charge in [-0.2, -0.15) is 13.2 Å². The molecule has 0 aliphatic heterocycles. The van der Waals surface area contributed by atoms with Crippen LogP contribution in [0.15, 0.2) is 107 Å². The maximum absolute atomic E-state index is 13.5. The molecular weight excluding hydrogens is 605 g/mol. The van der Waals surface area contributed by atoms with E-state index in [0.717, 1.165) is 12.1 Å². The molecule has 0 bridgehead atoms. The van der Waals surface area contributed by atoms with Gasteiger partial charge in [0.25, 0.3) is 20.0 Å². The Balaban J connectivity index is 1.59. The number of nitrogens with zero attached hydrogens (tertiary/aromatic N) is 2. The minimum Gasteiger partial charge on any atom is -0.325 e. The molecular formula is C26H20ClF3N4O5S2. The molecule has 4 aromatic rings. The molecule has 41 heavy (non-hydrogen) atoms. The number of carbonyl (C=O) groups is 1. The number of anilines is 3. The second-order valence-corrected chi connectivity index (χ2v) is 12.3. The van der Waals surface area contributed by atoms with Crippen LogP contribution in [-0.2, 0) is 31.0 Å². The first kappa shape index (κ1) is 29.8. The predicted molar refractivity (Wildman–Crippen MR) is 148 cm³/mol. The van der Waals surface area contributed by atoms with Crippen molar-refractivity contribution in [2.24, 2.45) is 0 Å². The highest BCUT2D eigenvalue weighted by molar-refractivity contribution is 7.93. The topological polar surface area (TPSA) is 126 Å². The Hall–Kier alpha value is -4.14. The number of rotatable bonds is 9. The summed E-state index contributed by atoms with van der Waals surface area (Å²) in [6.07, 6.45) is -3.48. The van der Waals surface area contributed by atoms with Crippen molar-refractivity contribution < 1.29 is 34.8 Å². The summed E-state index contributed by atoms with van der Waals surface area (Å²) in [6.45, 7) is -0.905. The first-order valence-corrected chi connectivity index (χ1v) is 14.9. The number of carbonyl (C=O) groups excluding carboxylic acids is 1. The van der Waals surface area contributed by atoms with Gasteiger partial charge in [-0.05, 0) is 66.7 Å². The normalized spacial score (nSPS) is 12.0. The Kier molecular flexibility index (Phi) is 8.56. The third-order valence-corrected chi connectivity index (χ3v) is 9.00. The number of nitrogens with one attached hydrogen (secondary N) is 2. The van der Waals surface area contributed by atoms with Gasteiger partial charge in [0.05, 0.1) is 26.1 Å². The highest BCUT2D eigenvalue weighted by Gasteiger charge is 2.35. The molecule has 0 aliphatic rings. The number of benzene rings is 3. The molecule has 15 heteroatoms. The van der Waals surface area contributed by atoms with Gasteiger partial charge in [0, 0.05) is 11.9 Å². The number of aromatic nitrogens is 1. The molecule has 214 valence electrons. The van der Waals surface area contributed by atoms with Crippen molar-refractivity contribution in [1.82, 2.24) is 4.98 Å². The smallest absolute Gasteiger partial charge is 0.325 e. The number of hydrogen-bond donors (Lipinski definition) is 2. The van der Waals surface area contributed by atoms with Crippen LogP contribution in [0.1, 0.15) is 5.56 Å². The van der Waals surface area contributed by atoms with Crippen LogP contribution in [0, 0.1) is 0 Å². The standard InChI is InChI=1S/C26H20ClF3N4O5S2/c27-23-14-11-19(16-22(23)26(28,29)30)34(41(38,39)21-6-2-1-3-7-21)17-25(35)32-18-9-12-20(13-10-18)40(36,37)33-24-8-4-5-15-31-24/h1-16H,17H2,(H,31,33)(H,32,35). The summed E-state index contributed by atoms with van der Waals surface area (Å²) in [5, 5.41) is 1.79. The fourth-order valence-electron chi connectivity index (χ4n) is 3.59. The zero-order valence-electron chi connectivity index (χ0n) is 20.7. The average molecular weight is 625 g/mol. The van der Waals surface area contributed by atoms with Crippen LogP contribution >= 0.6 is 11.6 Å². The Labute approximate surface area is 238 Å². The van der Waals surface area contributed by atoms with Crippen LogP contribution in [-0.4, -0.2) is 34.3 Å². The third kappa shape index (κ3) is 7.14. The molecule has 4 rings (SSSR count). The van der Waals surface area contributed by atoms with E-state index in [0.29, 0.717) is 10.4 Å². The quantitative estimate of drug-likeness (QED) is 0.257. The lowest BCUT2D eigenvalue weighted by Gasteiger charge is -2.25. The van der Waals surface area contributed by atoms with E-state index in [1.165, 1.54) is 60.8 Å². The zero-order chi connectivity index (χ0) is 29.8. The number of halogens is 4. The molecule has 0 atom stereocenters. The van der Waals surface area contributed by atoms with Gasteiger partial charge >= 0.3 is 6.18 Å². The van der Waals surface area contributed by atoms with Crippen LogP contribution in [0.5, 0.6) is 0 Å². The number of hydrogen-bond acceptors (Lipinski definition) is 6. The largest absolute Gasteiger partial charge is 0.417 e. The third-order valence-electron chi connectivity index (χ3n) is 5.51. The monoisotopic (exact) mass is 624 g/mol. The van der Waals surface area contributed by atoms with E-state index < -0.39 is 54.9 Å². The summed E-state index contributed by atoms with van der Waals surface area (Å²) in [5.41, 5.74) is -1.61. The van der Waals surface area contributed by atoms with Crippen molar-refractivity contribution in [3.8, 4) is 0 Å². The lowest BCUT2D eigenvalue weighted by Crippen LogP contribution is -2.38. The summed E-state index contributed by atoms with van der Waals surface area (Å²) in [5.74, 6) is -0.810. The van der Waals surface area contributed by atoms with Gasteiger partial charge < -0.3 is 5.32 Å². The number of sulfonamides is 2. The maximum atomic E-state index is 13.5. The summed E-state index contributed by atoms with van der Waals surface area (Å²) >= 11 is 5.70. The van der Waals surface area contributed by atoms with E-state index >= 15 is 0 Å². The van der Waals surface area contributed by atoms with Gasteiger partial charge in [0.15, 0.2) is 0 Å². The van der Waals surface area contributed by atoms with Crippen LogP contribution in [0.4, 0.5) is 30.4 Å². The Morgan fingerprint density at radius 2 is 1.51 bits per heavy atom. The fourth-order valence-corrected chi connectivity index (χ4v) is 6.26. The molecule has 1 amide bonds. The number of pyridine rings is 1. The van der Waals surface area contributed by atoms with Gasteiger partial charge in [0.2, 0.25) is 5.91 Å². The molecule has 0 spiro atoms. The molecule has 3 aromatic carbocycles. The molecule has 0 radical (unpaired) electrons. The van der Waals surface area contributed by atoms with E-state index in [1.54, 1.807) is 18.2 Å². The molecule has 0 unspecified atom stereocenters. The van der Waals surface area contributed by atoms with Crippen molar-refractivity contribution in [3.63, 3.8) is 0 Å². The van der Waals surface area contributed by atoms with Crippen molar-refractivity contribution in [3.05, 3.63) is 108 Å². The SMILES string of the molecule is O=C(CN(c1ccc(Cl)c(C(F)(F)F)c1)S(=O)(=O)c1ccccc1)Nc1ccc(S(=O)(=O)Nc2ccccn2)cc1. The minimum atomic E-state index is -4.88. The van der Waals surface area contributed by atoms with Gasteiger partial charge in [-0.15, -0.1) is 0 Å². The lowest BCUT2D eigenvalue weighted by atomic mass is 10.2. The van der Waals surface area contributed by atoms with Crippen molar-refractivity contribution in [2.75, 3.05) is 20.9 Å². The van der Waals surface area contributed by atoms with Crippen molar-refractivity contribution in [1.29, 1.82) is 0 Å². The number of amides is 1. The van der Waals surface area contributed by atoms with Crippen LogP contribution < -0.4 is 14.3 Å². The number of alkyl halides is 3. The minimum absolute atomic E-state index is 0.0977. The highest BCUT2D eigenvalue weighted by Crippen LogP contribution is 2.38. The molecule has 9 nitrogen and oxygen atoms in total. The summed E-state index contributed by atoms with van der Waals surface area (Å²) in [7, 11) is -8.50. The molecule has 0 saturated heterocycles. The fraction of sp³-hybridized carbons (Fsp3) is 0.0769. The second-order valence-electron chi connectivity index (χ2n) is 8.38. The van der Waals surface area contributed by atoms with Gasteiger partial charge in [0.1, 0.15) is 12.4 Å². The molecule has 1 heterocycles. The molecule has 1 aromatic heterocycles. The first-order valence-electron chi connectivity index (χ1n) is 11.6. The molecule has 0 fully saturated rings. The second kappa shape index (κ2) is 11.8. The Morgan fingerprint density at radius 1 is 0.854 bits per heavy atom. The highest BCUT2D eigenvalue weighted by atomic mass is 35.5. The van der Waals surface area contributed by atoms with E-state index in [2.05, 4.69) is 15.0 Å². The average Bonchev–Trinajstić information content (AvgIpc) is 2.92. The van der Waals surface area contributed by atoms with Gasteiger partial charge in [-0.1, -0.05) is 35.9 Å². The van der Waals surface area contributed by atoms with E-state index in [1.807, 2.05) is 0 Å². The van der Waals surface area contributed by atoms with Crippen molar-refractivity contribution in [2.45, 2.75) is 16.0 Å². The van der Waals surface area contributed by atoms with Crippen LogP contribution in [0.3, 0.4) is 0 Å². The summed E-state index contributed by atoms with van der Waals surface area (Å²) < 4.78 is 95.4. The summed E-state index contributed by atoms with van der Waals surface area (Å²) in [4.78, 5) is 16.4. The van der Waals surface area contributed by atoms with Crippen LogP contribution in [0.2, 0.25) is 5.02 Å².